The number of nitrogens with one attached hydrogen (secondary N) is 1. The summed E-state index contributed by atoms with van der Waals surface area (Å²) in [4.78, 5) is 0. The van der Waals surface area contributed by atoms with Gasteiger partial charge in [0.05, 0.1) is 0 Å². The molecule has 4 aliphatic rings. The highest BCUT2D eigenvalue weighted by Crippen LogP contribution is 2.61. The molecule has 4 bridgehead atoms. The Labute approximate surface area is 117 Å². The Hall–Kier alpha value is 0.310. The molecule has 4 saturated carbocycles. The van der Waals surface area contributed by atoms with Crippen LogP contribution in [-0.4, -0.2) is 24.6 Å². The van der Waals surface area contributed by atoms with Crippen LogP contribution < -0.4 is 5.32 Å². The first-order valence-electron chi connectivity index (χ1n) is 7.94. The maximum absolute atomic E-state index is 3.86. The van der Waals surface area contributed by atoms with E-state index in [1.165, 1.54) is 38.0 Å². The van der Waals surface area contributed by atoms with Gasteiger partial charge in [-0.3, -0.25) is 0 Å². The molecule has 1 nitrogen and oxygen atoms in total. The summed E-state index contributed by atoms with van der Waals surface area (Å²) < 4.78 is 0. The predicted octanol–water partition coefficient (Wildman–Crippen LogP) is 3.93. The Balaban J connectivity index is 1.57. The van der Waals surface area contributed by atoms with Gasteiger partial charge in [0.1, 0.15) is 0 Å². The van der Waals surface area contributed by atoms with Crippen LogP contribution >= 0.6 is 11.8 Å². The van der Waals surface area contributed by atoms with Crippen molar-refractivity contribution >= 4 is 11.8 Å². The quantitative estimate of drug-likeness (QED) is 0.732. The summed E-state index contributed by atoms with van der Waals surface area (Å²) in [5, 5.41) is 3.86. The minimum atomic E-state index is 0.689. The third-order valence-corrected chi connectivity index (χ3v) is 6.68. The summed E-state index contributed by atoms with van der Waals surface area (Å²) in [7, 11) is 0. The van der Waals surface area contributed by atoms with Gasteiger partial charge in [0.2, 0.25) is 0 Å². The van der Waals surface area contributed by atoms with Crippen LogP contribution in [0.15, 0.2) is 0 Å². The molecule has 0 aliphatic heterocycles. The average molecular weight is 267 g/mol. The fourth-order valence-corrected chi connectivity index (χ4v) is 5.89. The van der Waals surface area contributed by atoms with Crippen molar-refractivity contribution in [1.82, 2.24) is 5.32 Å². The molecule has 1 atom stereocenters. The van der Waals surface area contributed by atoms with E-state index in [2.05, 4.69) is 18.5 Å². The van der Waals surface area contributed by atoms with Crippen molar-refractivity contribution in [3.05, 3.63) is 0 Å². The lowest BCUT2D eigenvalue weighted by molar-refractivity contribution is -0.0702. The first-order chi connectivity index (χ1) is 8.72. The fraction of sp³-hybridized carbons (Fsp3) is 1.00. The van der Waals surface area contributed by atoms with Gasteiger partial charge in [0.25, 0.3) is 0 Å². The third kappa shape index (κ3) is 2.47. The molecule has 2 heteroatoms. The molecule has 0 heterocycles. The maximum atomic E-state index is 3.86. The molecule has 4 fully saturated rings. The van der Waals surface area contributed by atoms with Gasteiger partial charge in [-0.15, -0.1) is 0 Å². The molecule has 0 saturated heterocycles. The molecule has 18 heavy (non-hydrogen) atoms. The second kappa shape index (κ2) is 5.36. The van der Waals surface area contributed by atoms with E-state index in [-0.39, 0.29) is 0 Å². The largest absolute Gasteiger partial charge is 0.314 e. The van der Waals surface area contributed by atoms with Crippen molar-refractivity contribution in [2.45, 2.75) is 57.9 Å². The van der Waals surface area contributed by atoms with Crippen molar-refractivity contribution in [2.24, 2.45) is 23.2 Å². The molecular formula is C16H29NS. The van der Waals surface area contributed by atoms with Crippen LogP contribution in [0.5, 0.6) is 0 Å². The van der Waals surface area contributed by atoms with Crippen molar-refractivity contribution in [3.8, 4) is 0 Å². The highest BCUT2D eigenvalue weighted by Gasteiger charge is 2.52. The van der Waals surface area contributed by atoms with Gasteiger partial charge in [-0.25, -0.2) is 0 Å². The number of rotatable bonds is 6. The molecule has 4 rings (SSSR count). The molecule has 1 unspecified atom stereocenters. The van der Waals surface area contributed by atoms with Crippen LogP contribution in [0.4, 0.5) is 0 Å². The minimum absolute atomic E-state index is 0.689. The van der Waals surface area contributed by atoms with E-state index >= 15 is 0 Å². The van der Waals surface area contributed by atoms with Crippen LogP contribution in [-0.2, 0) is 0 Å². The molecule has 104 valence electrons. The minimum Gasteiger partial charge on any atom is -0.314 e. The SMILES string of the molecule is CSCCCNC(C)C12CC3CC(CC(C3)C1)C2. The van der Waals surface area contributed by atoms with Gasteiger partial charge >= 0.3 is 0 Å². The molecule has 0 amide bonds. The van der Waals surface area contributed by atoms with E-state index < -0.39 is 0 Å². The third-order valence-electron chi connectivity index (χ3n) is 5.98. The Morgan fingerprint density at radius 2 is 1.67 bits per heavy atom. The van der Waals surface area contributed by atoms with E-state index in [0.29, 0.717) is 5.41 Å². The Morgan fingerprint density at radius 1 is 1.11 bits per heavy atom. The summed E-state index contributed by atoms with van der Waals surface area (Å²) >= 11 is 1.97. The van der Waals surface area contributed by atoms with Crippen LogP contribution in [0.1, 0.15) is 51.9 Å². The average Bonchev–Trinajstić information content (AvgIpc) is 2.32. The fourth-order valence-electron chi connectivity index (χ4n) is 5.46. The number of thioether (sulfide) groups is 1. The summed E-state index contributed by atoms with van der Waals surface area (Å²) in [6, 6.07) is 0.757. The van der Waals surface area contributed by atoms with Gasteiger partial charge in [0, 0.05) is 6.04 Å². The number of hydrogen-bond donors (Lipinski definition) is 1. The zero-order chi connectivity index (χ0) is 12.6. The highest BCUT2D eigenvalue weighted by atomic mass is 32.2. The topological polar surface area (TPSA) is 12.0 Å². The predicted molar refractivity (Wildman–Crippen MR) is 81.1 cm³/mol. The lowest BCUT2D eigenvalue weighted by atomic mass is 9.48. The van der Waals surface area contributed by atoms with E-state index in [1.807, 2.05) is 11.8 Å². The standard InChI is InChI=1S/C16H29NS/c1-12(17-4-3-5-18-2)16-9-13-6-14(10-16)8-15(7-13)11-16/h12-15,17H,3-11H2,1-2H3. The Bertz CT molecular complexity index is 254. The van der Waals surface area contributed by atoms with Crippen LogP contribution in [0, 0.1) is 23.2 Å². The second-order valence-electron chi connectivity index (χ2n) is 7.30. The summed E-state index contributed by atoms with van der Waals surface area (Å²) in [6.07, 6.45) is 12.9. The molecule has 0 spiro atoms. The first-order valence-corrected chi connectivity index (χ1v) is 9.33. The van der Waals surface area contributed by atoms with Gasteiger partial charge in [-0.1, -0.05) is 0 Å². The van der Waals surface area contributed by atoms with Crippen molar-refractivity contribution in [1.29, 1.82) is 0 Å². The van der Waals surface area contributed by atoms with Crippen LogP contribution in [0.3, 0.4) is 0 Å². The molecule has 1 N–H and O–H groups in total. The van der Waals surface area contributed by atoms with Gasteiger partial charge in [-0.05, 0) is 93.6 Å². The Kier molecular flexibility index (Phi) is 3.96. The van der Waals surface area contributed by atoms with E-state index in [1.54, 1.807) is 19.3 Å². The van der Waals surface area contributed by atoms with Crippen molar-refractivity contribution < 1.29 is 0 Å². The smallest absolute Gasteiger partial charge is 0.00954 e. The van der Waals surface area contributed by atoms with E-state index in [0.717, 1.165) is 23.8 Å². The second-order valence-corrected chi connectivity index (χ2v) is 8.29. The van der Waals surface area contributed by atoms with Gasteiger partial charge < -0.3 is 5.32 Å². The Morgan fingerprint density at radius 3 is 2.17 bits per heavy atom. The molecule has 4 aliphatic carbocycles. The molecule has 0 aromatic heterocycles. The van der Waals surface area contributed by atoms with Crippen LogP contribution in [0.25, 0.3) is 0 Å². The number of hydrogen-bond acceptors (Lipinski definition) is 2. The monoisotopic (exact) mass is 267 g/mol. The summed E-state index contributed by atoms with van der Waals surface area (Å²) in [6.45, 7) is 3.70. The van der Waals surface area contributed by atoms with E-state index in [4.69, 9.17) is 0 Å². The van der Waals surface area contributed by atoms with Crippen molar-refractivity contribution in [3.63, 3.8) is 0 Å². The zero-order valence-corrected chi connectivity index (χ0v) is 12.9. The van der Waals surface area contributed by atoms with Gasteiger partial charge in [-0.2, -0.15) is 11.8 Å². The zero-order valence-electron chi connectivity index (χ0n) is 12.1. The normalized spacial score (nSPS) is 43.3. The molecule has 0 radical (unpaired) electrons. The summed E-state index contributed by atoms with van der Waals surface area (Å²) in [5.74, 6) is 4.57. The maximum Gasteiger partial charge on any atom is 0.00954 e. The molecule has 0 aromatic rings. The lowest BCUT2D eigenvalue weighted by Gasteiger charge is -2.59. The van der Waals surface area contributed by atoms with Crippen molar-refractivity contribution in [2.75, 3.05) is 18.6 Å². The van der Waals surface area contributed by atoms with Crippen LogP contribution in [0.2, 0.25) is 0 Å². The van der Waals surface area contributed by atoms with E-state index in [9.17, 15) is 0 Å². The highest BCUT2D eigenvalue weighted by molar-refractivity contribution is 7.98. The molecular weight excluding hydrogens is 238 g/mol. The molecule has 0 aromatic carbocycles. The lowest BCUT2D eigenvalue weighted by Crippen LogP contribution is -2.55. The summed E-state index contributed by atoms with van der Waals surface area (Å²) in [5.41, 5.74) is 0.689. The first kappa shape index (κ1) is 13.3. The van der Waals surface area contributed by atoms with Gasteiger partial charge in [0.15, 0.2) is 0 Å².